The Hall–Kier alpha value is -2.64. The van der Waals surface area contributed by atoms with Gasteiger partial charge in [-0.3, -0.25) is 9.63 Å². The first-order valence-electron chi connectivity index (χ1n) is 9.86. The van der Waals surface area contributed by atoms with Gasteiger partial charge in [0.1, 0.15) is 0 Å². The summed E-state index contributed by atoms with van der Waals surface area (Å²) in [7, 11) is 0. The van der Waals surface area contributed by atoms with Crippen LogP contribution in [0.25, 0.3) is 6.08 Å². The zero-order valence-electron chi connectivity index (χ0n) is 16.5. The van der Waals surface area contributed by atoms with Gasteiger partial charge >= 0.3 is 12.1 Å². The van der Waals surface area contributed by atoms with Crippen LogP contribution in [-0.2, 0) is 35.2 Å². The summed E-state index contributed by atoms with van der Waals surface area (Å²) in [6.45, 7) is 1.70. The van der Waals surface area contributed by atoms with Crippen molar-refractivity contribution in [3.05, 3.63) is 76.4 Å². The predicted molar refractivity (Wildman–Crippen MR) is 108 cm³/mol. The highest BCUT2D eigenvalue weighted by Gasteiger charge is 2.29. The minimum atomic E-state index is -4.33. The van der Waals surface area contributed by atoms with Crippen molar-refractivity contribution >= 4 is 12.0 Å². The number of hydrogen-bond donors (Lipinski definition) is 1. The summed E-state index contributed by atoms with van der Waals surface area (Å²) < 4.78 is 37.8. The van der Waals surface area contributed by atoms with E-state index in [-0.39, 0.29) is 6.42 Å². The molecule has 30 heavy (non-hydrogen) atoms. The number of carboxylic acid groups (broad SMARTS) is 1. The van der Waals surface area contributed by atoms with Crippen molar-refractivity contribution in [2.24, 2.45) is 0 Å². The molecular weight excluding hydrogens is 395 g/mol. The number of nitrogens with zero attached hydrogens (tertiary/aromatic N) is 1. The molecule has 1 aliphatic rings. The van der Waals surface area contributed by atoms with Gasteiger partial charge in [0.15, 0.2) is 0 Å². The van der Waals surface area contributed by atoms with Crippen LogP contribution >= 0.6 is 0 Å². The molecule has 1 heterocycles. The van der Waals surface area contributed by atoms with Crippen LogP contribution in [0.15, 0.2) is 48.5 Å². The summed E-state index contributed by atoms with van der Waals surface area (Å²) >= 11 is 0. The number of aliphatic carboxylic acids is 1. The van der Waals surface area contributed by atoms with Gasteiger partial charge in [-0.25, -0.2) is 0 Å². The lowest BCUT2D eigenvalue weighted by Gasteiger charge is -2.29. The lowest BCUT2D eigenvalue weighted by molar-refractivity contribution is -0.158. The molecule has 0 saturated carbocycles. The molecule has 1 N–H and O–H groups in total. The molecule has 0 atom stereocenters. The standard InChI is InChI=1S/C23H24F3NO3/c24-23(25,26)20-11-9-17(10-12-20)4-3-15-30-27-14-13-19-6-1-5-18(21(19)16-27)7-2-8-22(28)29/h1,3-6,9-12H,2,7-8,13-16H2,(H,28,29)/b4-3+. The Morgan fingerprint density at radius 1 is 1.17 bits per heavy atom. The van der Waals surface area contributed by atoms with Gasteiger partial charge in [-0.15, -0.1) is 0 Å². The smallest absolute Gasteiger partial charge is 0.416 e. The zero-order chi connectivity index (χ0) is 21.6. The molecule has 0 unspecified atom stereocenters. The number of fused-ring (bicyclic) bond motifs is 1. The van der Waals surface area contributed by atoms with E-state index in [0.29, 0.717) is 25.1 Å². The highest BCUT2D eigenvalue weighted by atomic mass is 19.4. The van der Waals surface area contributed by atoms with Crippen LogP contribution in [0.3, 0.4) is 0 Å². The normalized spacial score (nSPS) is 14.8. The Bertz CT molecular complexity index is 892. The van der Waals surface area contributed by atoms with Crippen molar-refractivity contribution in [3.63, 3.8) is 0 Å². The molecule has 0 aliphatic carbocycles. The Labute approximate surface area is 173 Å². The average molecular weight is 419 g/mol. The van der Waals surface area contributed by atoms with Crippen molar-refractivity contribution in [1.29, 1.82) is 0 Å². The number of rotatable bonds is 8. The highest BCUT2D eigenvalue weighted by Crippen LogP contribution is 2.29. The minimum absolute atomic E-state index is 0.151. The van der Waals surface area contributed by atoms with Crippen LogP contribution in [0, 0.1) is 0 Å². The second-order valence-electron chi connectivity index (χ2n) is 7.23. The van der Waals surface area contributed by atoms with Gasteiger partial charge in [0.05, 0.1) is 12.2 Å². The maximum atomic E-state index is 12.6. The van der Waals surface area contributed by atoms with Crippen molar-refractivity contribution in [2.45, 2.75) is 38.4 Å². The molecule has 0 bridgehead atoms. The summed E-state index contributed by atoms with van der Waals surface area (Å²) in [6.07, 6.45) is 1.50. The van der Waals surface area contributed by atoms with Gasteiger partial charge in [0.2, 0.25) is 0 Å². The summed E-state index contributed by atoms with van der Waals surface area (Å²) in [5, 5.41) is 10.7. The minimum Gasteiger partial charge on any atom is -0.481 e. The first kappa shape index (κ1) is 22.1. The maximum absolute atomic E-state index is 12.6. The molecule has 4 nitrogen and oxygen atoms in total. The lowest BCUT2D eigenvalue weighted by Crippen LogP contribution is -2.31. The Morgan fingerprint density at radius 2 is 1.93 bits per heavy atom. The van der Waals surface area contributed by atoms with E-state index in [1.165, 1.54) is 23.3 Å². The molecule has 0 fully saturated rings. The lowest BCUT2D eigenvalue weighted by atomic mass is 9.93. The number of benzene rings is 2. The molecule has 0 aromatic heterocycles. The Balaban J connectivity index is 1.52. The fraction of sp³-hybridized carbons (Fsp3) is 0.348. The first-order valence-corrected chi connectivity index (χ1v) is 9.86. The number of hydrogen-bond acceptors (Lipinski definition) is 3. The van der Waals surface area contributed by atoms with Crippen LogP contribution in [0.1, 0.15) is 40.7 Å². The fourth-order valence-corrected chi connectivity index (χ4v) is 3.52. The highest BCUT2D eigenvalue weighted by molar-refractivity contribution is 5.66. The molecule has 2 aromatic rings. The van der Waals surface area contributed by atoms with Crippen molar-refractivity contribution in [2.75, 3.05) is 13.2 Å². The van der Waals surface area contributed by atoms with E-state index in [4.69, 9.17) is 9.94 Å². The van der Waals surface area contributed by atoms with Crippen LogP contribution < -0.4 is 0 Å². The second kappa shape index (κ2) is 9.91. The summed E-state index contributed by atoms with van der Waals surface area (Å²) in [4.78, 5) is 16.6. The average Bonchev–Trinajstić information content (AvgIpc) is 2.71. The number of halogens is 3. The molecule has 0 radical (unpaired) electrons. The predicted octanol–water partition coefficient (Wildman–Crippen LogP) is 5.12. The zero-order valence-corrected chi connectivity index (χ0v) is 16.5. The van der Waals surface area contributed by atoms with E-state index in [2.05, 4.69) is 6.07 Å². The monoisotopic (exact) mass is 419 g/mol. The third kappa shape index (κ3) is 6.18. The van der Waals surface area contributed by atoms with Crippen molar-refractivity contribution < 1.29 is 27.9 Å². The number of hydroxylamine groups is 2. The molecule has 0 spiro atoms. The van der Waals surface area contributed by atoms with Gasteiger partial charge in [-0.2, -0.15) is 18.2 Å². The molecular formula is C23H24F3NO3. The van der Waals surface area contributed by atoms with E-state index in [0.717, 1.165) is 37.1 Å². The number of aryl methyl sites for hydroxylation is 1. The van der Waals surface area contributed by atoms with Crippen LogP contribution in [-0.4, -0.2) is 29.3 Å². The van der Waals surface area contributed by atoms with Crippen molar-refractivity contribution in [1.82, 2.24) is 5.06 Å². The van der Waals surface area contributed by atoms with E-state index < -0.39 is 17.7 Å². The van der Waals surface area contributed by atoms with Crippen LogP contribution in [0.4, 0.5) is 13.2 Å². The third-order valence-electron chi connectivity index (χ3n) is 5.07. The topological polar surface area (TPSA) is 49.8 Å². The third-order valence-corrected chi connectivity index (χ3v) is 5.07. The van der Waals surface area contributed by atoms with Crippen LogP contribution in [0.5, 0.6) is 0 Å². The largest absolute Gasteiger partial charge is 0.481 e. The molecule has 2 aromatic carbocycles. The quantitative estimate of drug-likeness (QED) is 0.646. The van der Waals surface area contributed by atoms with Crippen molar-refractivity contribution in [3.8, 4) is 0 Å². The van der Waals surface area contributed by atoms with Crippen LogP contribution in [0.2, 0.25) is 0 Å². The maximum Gasteiger partial charge on any atom is 0.416 e. The second-order valence-corrected chi connectivity index (χ2v) is 7.23. The molecule has 0 amide bonds. The van der Waals surface area contributed by atoms with Gasteiger partial charge in [-0.05, 0) is 53.6 Å². The molecule has 3 rings (SSSR count). The Morgan fingerprint density at radius 3 is 2.63 bits per heavy atom. The van der Waals surface area contributed by atoms with Gasteiger partial charge in [0.25, 0.3) is 0 Å². The van der Waals surface area contributed by atoms with Gasteiger partial charge < -0.3 is 5.11 Å². The number of carbonyl (C=O) groups is 1. The van der Waals surface area contributed by atoms with E-state index >= 15 is 0 Å². The molecule has 7 heteroatoms. The SMILES string of the molecule is O=C(O)CCCc1cccc2c1CN(OC/C=C/c1ccc(C(F)(F)F)cc1)CC2. The summed E-state index contributed by atoms with van der Waals surface area (Å²) in [5.41, 5.74) is 3.63. The first-order chi connectivity index (χ1) is 14.3. The van der Waals surface area contributed by atoms with E-state index in [1.807, 2.05) is 17.2 Å². The van der Waals surface area contributed by atoms with E-state index in [9.17, 15) is 18.0 Å². The van der Waals surface area contributed by atoms with Gasteiger partial charge in [-0.1, -0.05) is 42.5 Å². The molecule has 1 aliphatic heterocycles. The Kier molecular flexibility index (Phi) is 7.29. The fourth-order valence-electron chi connectivity index (χ4n) is 3.52. The molecule has 160 valence electrons. The van der Waals surface area contributed by atoms with Gasteiger partial charge in [0, 0.05) is 19.5 Å². The number of alkyl halides is 3. The molecule has 0 saturated heterocycles. The van der Waals surface area contributed by atoms with E-state index in [1.54, 1.807) is 12.2 Å². The summed E-state index contributed by atoms with van der Waals surface area (Å²) in [6, 6.07) is 11.1. The summed E-state index contributed by atoms with van der Waals surface area (Å²) in [5.74, 6) is -0.787. The number of carboxylic acids is 1.